The summed E-state index contributed by atoms with van der Waals surface area (Å²) in [7, 11) is 0. The summed E-state index contributed by atoms with van der Waals surface area (Å²) < 4.78 is 14.0. The minimum atomic E-state index is -0.711. The van der Waals surface area contributed by atoms with Gasteiger partial charge in [-0.25, -0.2) is 9.18 Å². The number of carbonyl (C=O) groups is 2. The van der Waals surface area contributed by atoms with E-state index in [1.54, 1.807) is 6.92 Å². The van der Waals surface area contributed by atoms with Crippen LogP contribution >= 0.6 is 0 Å². The number of hydrogen-bond donors (Lipinski definition) is 3. The lowest BCUT2D eigenvalue weighted by molar-refractivity contribution is -0.122. The number of carbonyl (C=O) groups excluding carboxylic acids is 2. The lowest BCUT2D eigenvalue weighted by Crippen LogP contribution is -2.51. The molecule has 0 fully saturated rings. The molecule has 0 aliphatic heterocycles. The van der Waals surface area contributed by atoms with Crippen LogP contribution in [0.4, 0.5) is 9.18 Å². The molecule has 0 spiro atoms. The van der Waals surface area contributed by atoms with Crippen LogP contribution in [0.3, 0.4) is 0 Å². The summed E-state index contributed by atoms with van der Waals surface area (Å²) in [6.07, 6.45) is 4.35. The van der Waals surface area contributed by atoms with Gasteiger partial charge in [0.05, 0.1) is 6.20 Å². The van der Waals surface area contributed by atoms with Crippen LogP contribution in [0, 0.1) is 0 Å². The second-order valence-corrected chi connectivity index (χ2v) is 6.41. The third-order valence-electron chi connectivity index (χ3n) is 4.15. The van der Waals surface area contributed by atoms with Crippen LogP contribution in [-0.4, -0.2) is 47.0 Å². The van der Waals surface area contributed by atoms with Crippen LogP contribution in [0.25, 0.3) is 0 Å². The molecule has 1 aliphatic rings. The monoisotopic (exact) mass is 339 g/mol. The molecule has 7 nitrogen and oxygen atoms in total. The summed E-state index contributed by atoms with van der Waals surface area (Å²) in [5, 5.41) is 12.3. The largest absolute Gasteiger partial charge is 0.352 e. The third kappa shape index (κ3) is 4.46. The molecule has 0 saturated heterocycles. The molecule has 0 saturated carbocycles. The Morgan fingerprint density at radius 3 is 2.83 bits per heavy atom. The number of nitrogens with one attached hydrogen (secondary N) is 3. The van der Waals surface area contributed by atoms with Gasteiger partial charge in [0, 0.05) is 30.7 Å². The number of alkyl halides is 1. The summed E-state index contributed by atoms with van der Waals surface area (Å²) >= 11 is 0. The van der Waals surface area contributed by atoms with E-state index in [0.29, 0.717) is 0 Å². The number of amides is 3. The fourth-order valence-corrected chi connectivity index (χ4v) is 2.90. The van der Waals surface area contributed by atoms with Gasteiger partial charge in [-0.15, -0.1) is 0 Å². The predicted octanol–water partition coefficient (Wildman–Crippen LogP) is 1.09. The highest BCUT2D eigenvalue weighted by atomic mass is 19.1. The Hall–Kier alpha value is -2.12. The van der Waals surface area contributed by atoms with Gasteiger partial charge in [-0.05, 0) is 39.2 Å². The summed E-state index contributed by atoms with van der Waals surface area (Å²) in [6, 6.07) is -0.813. The lowest BCUT2D eigenvalue weighted by atomic mass is 9.93. The Morgan fingerprint density at radius 1 is 1.42 bits per heavy atom. The number of halogens is 1. The van der Waals surface area contributed by atoms with Crippen LogP contribution < -0.4 is 16.0 Å². The summed E-state index contributed by atoms with van der Waals surface area (Å²) in [4.78, 5) is 23.7. The van der Waals surface area contributed by atoms with Gasteiger partial charge in [0.2, 0.25) is 5.91 Å². The highest BCUT2D eigenvalue weighted by Gasteiger charge is 2.25. The molecule has 1 aromatic rings. The van der Waals surface area contributed by atoms with Crippen molar-refractivity contribution in [1.82, 2.24) is 25.7 Å². The Balaban J connectivity index is 1.87. The molecule has 0 aromatic carbocycles. The van der Waals surface area contributed by atoms with E-state index in [1.165, 1.54) is 5.56 Å². The second kappa shape index (κ2) is 8.12. The molecule has 8 heteroatoms. The number of fused-ring (bicyclic) bond motifs is 1. The molecule has 1 aliphatic carbocycles. The molecular weight excluding hydrogens is 313 g/mol. The van der Waals surface area contributed by atoms with E-state index < -0.39 is 18.6 Å². The standard InChI is InChI=1S/C16H26FN5O2/c1-10(2)22-14-8-13(5-4-12(14)9-19-22)21-16(24)20-11(3)15(23)18-7-6-17/h9-11,13H,4-8H2,1-3H3,(H,18,23)(H2,20,21,24). The number of rotatable bonds is 6. The SMILES string of the molecule is CC(NC(=O)NC1CCc2cnn(C(C)C)c2C1)C(=O)NCCF. The highest BCUT2D eigenvalue weighted by Crippen LogP contribution is 2.23. The number of aryl methyl sites for hydroxylation is 1. The fourth-order valence-electron chi connectivity index (χ4n) is 2.90. The van der Waals surface area contributed by atoms with E-state index in [1.807, 2.05) is 10.9 Å². The van der Waals surface area contributed by atoms with Gasteiger partial charge < -0.3 is 16.0 Å². The summed E-state index contributed by atoms with van der Waals surface area (Å²) in [5.41, 5.74) is 2.40. The van der Waals surface area contributed by atoms with Crippen LogP contribution in [0.1, 0.15) is 44.5 Å². The van der Waals surface area contributed by atoms with Crippen molar-refractivity contribution < 1.29 is 14.0 Å². The number of nitrogens with zero attached hydrogens (tertiary/aromatic N) is 2. The first-order chi connectivity index (χ1) is 11.4. The van der Waals surface area contributed by atoms with Gasteiger partial charge in [-0.3, -0.25) is 9.48 Å². The van der Waals surface area contributed by atoms with Crippen molar-refractivity contribution in [2.45, 2.75) is 58.2 Å². The van der Waals surface area contributed by atoms with Crippen LogP contribution in [-0.2, 0) is 17.6 Å². The smallest absolute Gasteiger partial charge is 0.315 e. The first-order valence-electron chi connectivity index (χ1n) is 8.38. The van der Waals surface area contributed by atoms with Gasteiger partial charge in [0.1, 0.15) is 12.7 Å². The molecule has 24 heavy (non-hydrogen) atoms. The van der Waals surface area contributed by atoms with E-state index >= 15 is 0 Å². The van der Waals surface area contributed by atoms with E-state index in [0.717, 1.165) is 25.0 Å². The predicted molar refractivity (Wildman–Crippen MR) is 88.5 cm³/mol. The van der Waals surface area contributed by atoms with Crippen molar-refractivity contribution in [3.8, 4) is 0 Å². The molecule has 3 amide bonds. The zero-order valence-corrected chi connectivity index (χ0v) is 14.4. The van der Waals surface area contributed by atoms with Crippen molar-refractivity contribution in [2.24, 2.45) is 0 Å². The average molecular weight is 339 g/mol. The Kier molecular flexibility index (Phi) is 6.16. The van der Waals surface area contributed by atoms with E-state index in [4.69, 9.17) is 0 Å². The molecule has 0 bridgehead atoms. The molecule has 2 unspecified atom stereocenters. The molecule has 2 rings (SSSR count). The Morgan fingerprint density at radius 2 is 2.17 bits per heavy atom. The molecule has 1 aromatic heterocycles. The first kappa shape index (κ1) is 18.2. The summed E-state index contributed by atoms with van der Waals surface area (Å²) in [6.45, 7) is 5.05. The van der Waals surface area contributed by atoms with Gasteiger partial charge in [0.25, 0.3) is 0 Å². The molecular formula is C16H26FN5O2. The van der Waals surface area contributed by atoms with Crippen LogP contribution in [0.15, 0.2) is 6.20 Å². The Labute approximate surface area is 141 Å². The third-order valence-corrected chi connectivity index (χ3v) is 4.15. The van der Waals surface area contributed by atoms with Crippen molar-refractivity contribution in [1.29, 1.82) is 0 Å². The molecule has 2 atom stereocenters. The Bertz CT molecular complexity index is 587. The highest BCUT2D eigenvalue weighted by molar-refractivity contribution is 5.86. The second-order valence-electron chi connectivity index (χ2n) is 6.41. The molecule has 3 N–H and O–H groups in total. The van der Waals surface area contributed by atoms with Crippen LogP contribution in [0.2, 0.25) is 0 Å². The van der Waals surface area contributed by atoms with Crippen molar-refractivity contribution >= 4 is 11.9 Å². The van der Waals surface area contributed by atoms with Gasteiger partial charge in [0.15, 0.2) is 0 Å². The maximum atomic E-state index is 12.1. The quantitative estimate of drug-likeness (QED) is 0.725. The molecule has 134 valence electrons. The maximum Gasteiger partial charge on any atom is 0.315 e. The molecule has 1 heterocycles. The van der Waals surface area contributed by atoms with E-state index in [2.05, 4.69) is 34.9 Å². The van der Waals surface area contributed by atoms with E-state index in [-0.39, 0.29) is 24.7 Å². The van der Waals surface area contributed by atoms with Crippen molar-refractivity contribution in [3.05, 3.63) is 17.5 Å². The van der Waals surface area contributed by atoms with Crippen molar-refractivity contribution in [2.75, 3.05) is 13.2 Å². The minimum Gasteiger partial charge on any atom is -0.352 e. The average Bonchev–Trinajstić information content (AvgIpc) is 2.95. The van der Waals surface area contributed by atoms with Gasteiger partial charge >= 0.3 is 6.03 Å². The number of hydrogen-bond acceptors (Lipinski definition) is 3. The molecule has 0 radical (unpaired) electrons. The lowest BCUT2D eigenvalue weighted by Gasteiger charge is -2.26. The zero-order valence-electron chi connectivity index (χ0n) is 14.4. The fraction of sp³-hybridized carbons (Fsp3) is 0.688. The normalized spacial score (nSPS) is 18.0. The topological polar surface area (TPSA) is 88.1 Å². The van der Waals surface area contributed by atoms with Crippen molar-refractivity contribution in [3.63, 3.8) is 0 Å². The minimum absolute atomic E-state index is 0.00723. The number of urea groups is 1. The number of aromatic nitrogens is 2. The first-order valence-corrected chi connectivity index (χ1v) is 8.38. The summed E-state index contributed by atoms with van der Waals surface area (Å²) in [5.74, 6) is -0.397. The van der Waals surface area contributed by atoms with Crippen LogP contribution in [0.5, 0.6) is 0 Å². The van der Waals surface area contributed by atoms with Gasteiger partial charge in [-0.1, -0.05) is 0 Å². The van der Waals surface area contributed by atoms with E-state index in [9.17, 15) is 14.0 Å². The maximum absolute atomic E-state index is 12.1. The van der Waals surface area contributed by atoms with Gasteiger partial charge in [-0.2, -0.15) is 5.10 Å². The zero-order chi connectivity index (χ0) is 17.7.